The number of thioether (sulfide) groups is 1. The Hall–Kier alpha value is -1.09. The molecule has 1 fully saturated rings. The lowest BCUT2D eigenvalue weighted by atomic mass is 9.99. The molecule has 1 saturated heterocycles. The Labute approximate surface area is 155 Å². The molecular weight excluding hydrogens is 392 g/mol. The molecule has 3 N–H and O–H groups in total. The molecular formula is C16H23BrN4O2S. The normalized spacial score (nSPS) is 23.3. The molecule has 0 radical (unpaired) electrons. The second-order valence-electron chi connectivity index (χ2n) is 6.26. The largest absolute Gasteiger partial charge is 0.339 e. The number of hydrogen-bond acceptors (Lipinski definition) is 5. The molecule has 0 aromatic heterocycles. The molecule has 3 unspecified atom stereocenters. The average Bonchev–Trinajstić information content (AvgIpc) is 2.91. The monoisotopic (exact) mass is 414 g/mol. The number of halogens is 1. The highest BCUT2D eigenvalue weighted by atomic mass is 79.9. The van der Waals surface area contributed by atoms with Crippen LogP contribution in [0.3, 0.4) is 0 Å². The van der Waals surface area contributed by atoms with Crippen molar-refractivity contribution >= 4 is 44.5 Å². The molecule has 24 heavy (non-hydrogen) atoms. The highest BCUT2D eigenvalue weighted by Crippen LogP contribution is 2.24. The van der Waals surface area contributed by atoms with Crippen molar-refractivity contribution in [1.82, 2.24) is 15.8 Å². The summed E-state index contributed by atoms with van der Waals surface area (Å²) < 4.78 is 0. The van der Waals surface area contributed by atoms with Crippen molar-refractivity contribution < 1.29 is 9.59 Å². The summed E-state index contributed by atoms with van der Waals surface area (Å²) in [5, 5.41) is 2.87. The van der Waals surface area contributed by atoms with Gasteiger partial charge in [-0.05, 0) is 41.9 Å². The van der Waals surface area contributed by atoms with Crippen LogP contribution >= 0.6 is 27.7 Å². The minimum absolute atomic E-state index is 0.0186. The minimum Gasteiger partial charge on any atom is -0.339 e. The van der Waals surface area contributed by atoms with Gasteiger partial charge >= 0.3 is 0 Å². The summed E-state index contributed by atoms with van der Waals surface area (Å²) >= 11 is 4.76. The summed E-state index contributed by atoms with van der Waals surface area (Å²) in [6.45, 7) is 4.22. The van der Waals surface area contributed by atoms with Gasteiger partial charge in [0.05, 0.1) is 4.83 Å². The average molecular weight is 415 g/mol. The van der Waals surface area contributed by atoms with Gasteiger partial charge in [-0.2, -0.15) is 0 Å². The molecule has 0 saturated carbocycles. The maximum Gasteiger partial charge on any atom is 0.285 e. The first-order valence-electron chi connectivity index (χ1n) is 7.74. The van der Waals surface area contributed by atoms with Crippen LogP contribution < -0.4 is 16.2 Å². The quantitative estimate of drug-likeness (QED) is 0.521. The SMILES string of the molecule is CC(C)C1NNC(C(=O)Nc2ccc(SC(=O)N(C)C)cc2)C1Br. The van der Waals surface area contributed by atoms with Crippen molar-refractivity contribution in [3.63, 3.8) is 0 Å². The van der Waals surface area contributed by atoms with Crippen LogP contribution in [0.5, 0.6) is 0 Å². The lowest BCUT2D eigenvalue weighted by Gasteiger charge is -2.19. The predicted molar refractivity (Wildman–Crippen MR) is 101 cm³/mol. The Morgan fingerprint density at radius 2 is 1.83 bits per heavy atom. The van der Waals surface area contributed by atoms with Gasteiger partial charge in [0, 0.05) is 30.7 Å². The Balaban J connectivity index is 1.94. The van der Waals surface area contributed by atoms with Crippen LogP contribution in [0.1, 0.15) is 13.8 Å². The first-order valence-corrected chi connectivity index (χ1v) is 9.48. The van der Waals surface area contributed by atoms with Crippen molar-refractivity contribution in [3.8, 4) is 0 Å². The fourth-order valence-corrected chi connectivity index (χ4v) is 4.09. The molecule has 2 rings (SSSR count). The number of anilines is 1. The van der Waals surface area contributed by atoms with Gasteiger partial charge < -0.3 is 10.2 Å². The number of nitrogens with zero attached hydrogens (tertiary/aromatic N) is 1. The molecule has 8 heteroatoms. The van der Waals surface area contributed by atoms with Gasteiger partial charge in [0.1, 0.15) is 6.04 Å². The summed E-state index contributed by atoms with van der Waals surface area (Å²) in [6.07, 6.45) is 0. The van der Waals surface area contributed by atoms with E-state index >= 15 is 0 Å². The summed E-state index contributed by atoms with van der Waals surface area (Å²) in [5.41, 5.74) is 6.91. The number of hydrazine groups is 1. The van der Waals surface area contributed by atoms with Crippen molar-refractivity contribution in [1.29, 1.82) is 0 Å². The van der Waals surface area contributed by atoms with Crippen molar-refractivity contribution in [3.05, 3.63) is 24.3 Å². The van der Waals surface area contributed by atoms with E-state index in [1.807, 2.05) is 12.1 Å². The third kappa shape index (κ3) is 4.72. The number of carbonyl (C=O) groups excluding carboxylic acids is 2. The molecule has 3 atom stereocenters. The van der Waals surface area contributed by atoms with Gasteiger partial charge in [-0.25, -0.2) is 5.43 Å². The fraction of sp³-hybridized carbons (Fsp3) is 0.500. The van der Waals surface area contributed by atoms with Crippen LogP contribution in [0.15, 0.2) is 29.2 Å². The molecule has 1 aromatic rings. The van der Waals surface area contributed by atoms with Gasteiger partial charge in [0.2, 0.25) is 5.91 Å². The number of rotatable bonds is 4. The Morgan fingerprint density at radius 1 is 1.21 bits per heavy atom. The maximum absolute atomic E-state index is 12.4. The first-order chi connectivity index (χ1) is 11.3. The van der Waals surface area contributed by atoms with E-state index in [1.54, 1.807) is 26.2 Å². The first kappa shape index (κ1) is 19.2. The number of alkyl halides is 1. The Kier molecular flexibility index (Phi) is 6.68. The van der Waals surface area contributed by atoms with Gasteiger partial charge in [-0.1, -0.05) is 29.8 Å². The van der Waals surface area contributed by atoms with Crippen molar-refractivity contribution in [2.45, 2.75) is 35.7 Å². The highest BCUT2D eigenvalue weighted by molar-refractivity contribution is 9.09. The lowest BCUT2D eigenvalue weighted by molar-refractivity contribution is -0.117. The topological polar surface area (TPSA) is 73.5 Å². The molecule has 2 amide bonds. The molecule has 132 valence electrons. The number of nitrogens with one attached hydrogen (secondary N) is 3. The van der Waals surface area contributed by atoms with E-state index in [9.17, 15) is 9.59 Å². The van der Waals surface area contributed by atoms with Crippen LogP contribution in [0.4, 0.5) is 10.5 Å². The van der Waals surface area contributed by atoms with E-state index in [-0.39, 0.29) is 28.1 Å². The summed E-state index contributed by atoms with van der Waals surface area (Å²) in [6, 6.07) is 7.09. The second-order valence-corrected chi connectivity index (χ2v) is 8.34. The lowest BCUT2D eigenvalue weighted by Crippen LogP contribution is -2.42. The maximum atomic E-state index is 12.4. The van der Waals surface area contributed by atoms with Crippen molar-refractivity contribution in [2.75, 3.05) is 19.4 Å². The van der Waals surface area contributed by atoms with Crippen LogP contribution in [0, 0.1) is 5.92 Å². The molecule has 6 nitrogen and oxygen atoms in total. The second kappa shape index (κ2) is 8.33. The zero-order chi connectivity index (χ0) is 17.9. The van der Waals surface area contributed by atoms with E-state index in [1.165, 1.54) is 4.90 Å². The zero-order valence-corrected chi connectivity index (χ0v) is 16.6. The minimum atomic E-state index is -0.346. The number of amides is 2. The molecule has 0 spiro atoms. The predicted octanol–water partition coefficient (Wildman–Crippen LogP) is 2.66. The summed E-state index contributed by atoms with van der Waals surface area (Å²) in [5.74, 6) is 0.308. The van der Waals surface area contributed by atoms with Gasteiger partial charge in [0.25, 0.3) is 5.24 Å². The van der Waals surface area contributed by atoms with E-state index < -0.39 is 0 Å². The molecule has 1 aromatic carbocycles. The fourth-order valence-electron chi connectivity index (χ4n) is 2.32. The Bertz CT molecular complexity index is 594. The van der Waals surface area contributed by atoms with Crippen LogP contribution in [0.25, 0.3) is 0 Å². The van der Waals surface area contributed by atoms with Gasteiger partial charge in [-0.15, -0.1) is 0 Å². The van der Waals surface area contributed by atoms with Crippen LogP contribution in [0.2, 0.25) is 0 Å². The Morgan fingerprint density at radius 3 is 2.33 bits per heavy atom. The highest BCUT2D eigenvalue weighted by Gasteiger charge is 2.39. The van der Waals surface area contributed by atoms with Crippen molar-refractivity contribution in [2.24, 2.45) is 5.92 Å². The molecule has 1 aliphatic heterocycles. The van der Waals surface area contributed by atoms with E-state index in [0.717, 1.165) is 16.7 Å². The molecule has 1 aliphatic rings. The van der Waals surface area contributed by atoms with E-state index in [0.29, 0.717) is 11.6 Å². The third-order valence-corrected chi connectivity index (χ3v) is 5.91. The molecule has 0 aliphatic carbocycles. The van der Waals surface area contributed by atoms with Crippen LogP contribution in [-0.4, -0.2) is 47.1 Å². The zero-order valence-electron chi connectivity index (χ0n) is 14.2. The number of carbonyl (C=O) groups is 2. The van der Waals surface area contributed by atoms with Crippen LogP contribution in [-0.2, 0) is 4.79 Å². The number of hydrogen-bond donors (Lipinski definition) is 3. The standard InChI is InChI=1S/C16H23BrN4O2S/c1-9(2)13-12(17)14(20-19-13)15(22)18-10-5-7-11(8-6-10)24-16(23)21(3)4/h5-9,12-14,19-20H,1-4H3,(H,18,22). The smallest absolute Gasteiger partial charge is 0.285 e. The third-order valence-electron chi connectivity index (χ3n) is 3.76. The van der Waals surface area contributed by atoms with Gasteiger partial charge in [-0.3, -0.25) is 15.0 Å². The molecule has 0 bridgehead atoms. The van der Waals surface area contributed by atoms with E-state index in [4.69, 9.17) is 0 Å². The number of benzene rings is 1. The van der Waals surface area contributed by atoms with Gasteiger partial charge in [0.15, 0.2) is 0 Å². The summed E-state index contributed by atoms with van der Waals surface area (Å²) in [7, 11) is 3.43. The molecule has 1 heterocycles. The van der Waals surface area contributed by atoms with E-state index in [2.05, 4.69) is 45.9 Å². The summed E-state index contributed by atoms with van der Waals surface area (Å²) in [4.78, 5) is 26.5.